The van der Waals surface area contributed by atoms with Gasteiger partial charge in [-0.1, -0.05) is 36.4 Å². The molecule has 2 aromatic carbocycles. The van der Waals surface area contributed by atoms with Gasteiger partial charge in [-0.3, -0.25) is 0 Å². The molecular formula is C16H19NO2. The Balaban J connectivity index is 1.94. The Morgan fingerprint density at radius 1 is 0.895 bits per heavy atom. The second-order valence-corrected chi connectivity index (χ2v) is 4.38. The molecule has 0 aliphatic heterocycles. The van der Waals surface area contributed by atoms with E-state index in [2.05, 4.69) is 0 Å². The lowest BCUT2D eigenvalue weighted by Crippen LogP contribution is -2.05. The molecule has 3 N–H and O–H groups in total. The maximum Gasteiger partial charge on any atom is 0.122 e. The van der Waals surface area contributed by atoms with Gasteiger partial charge in [0.05, 0.1) is 6.61 Å². The van der Waals surface area contributed by atoms with Crippen molar-refractivity contribution in [1.82, 2.24) is 0 Å². The highest BCUT2D eigenvalue weighted by atomic mass is 16.5. The lowest BCUT2D eigenvalue weighted by atomic mass is 10.1. The number of benzene rings is 2. The highest BCUT2D eigenvalue weighted by molar-refractivity contribution is 5.46. The van der Waals surface area contributed by atoms with Gasteiger partial charge in [-0.15, -0.1) is 0 Å². The van der Waals surface area contributed by atoms with Gasteiger partial charge in [0.25, 0.3) is 0 Å². The molecule has 0 aromatic heterocycles. The fourth-order valence-corrected chi connectivity index (χ4v) is 2.00. The van der Waals surface area contributed by atoms with Crippen LogP contribution in [0.4, 0.5) is 5.69 Å². The van der Waals surface area contributed by atoms with Crippen LogP contribution >= 0.6 is 0 Å². The van der Waals surface area contributed by atoms with Crippen molar-refractivity contribution in [1.29, 1.82) is 0 Å². The van der Waals surface area contributed by atoms with Crippen molar-refractivity contribution in [2.75, 3.05) is 18.9 Å². The number of nitrogens with two attached hydrogens (primary N) is 1. The Morgan fingerprint density at radius 3 is 2.32 bits per heavy atom. The zero-order chi connectivity index (χ0) is 13.5. The Kier molecular flexibility index (Phi) is 4.81. The van der Waals surface area contributed by atoms with Crippen LogP contribution < -0.4 is 10.5 Å². The fourth-order valence-electron chi connectivity index (χ4n) is 2.00. The molecule has 0 saturated carbocycles. The number of hydrogen-bond donors (Lipinski definition) is 2. The molecule has 100 valence electrons. The van der Waals surface area contributed by atoms with E-state index in [0.29, 0.717) is 13.0 Å². The molecule has 3 heteroatoms. The van der Waals surface area contributed by atoms with Crippen molar-refractivity contribution in [3.63, 3.8) is 0 Å². The highest BCUT2D eigenvalue weighted by Crippen LogP contribution is 2.19. The summed E-state index contributed by atoms with van der Waals surface area (Å²) in [4.78, 5) is 0. The molecule has 0 bridgehead atoms. The molecule has 19 heavy (non-hydrogen) atoms. The molecule has 0 aliphatic rings. The van der Waals surface area contributed by atoms with Crippen molar-refractivity contribution < 1.29 is 9.84 Å². The zero-order valence-electron chi connectivity index (χ0n) is 10.9. The maximum absolute atomic E-state index is 9.01. The largest absolute Gasteiger partial charge is 0.493 e. The highest BCUT2D eigenvalue weighted by Gasteiger charge is 2.03. The number of para-hydroxylation sites is 2. The van der Waals surface area contributed by atoms with E-state index >= 15 is 0 Å². The van der Waals surface area contributed by atoms with Crippen LogP contribution in [0.5, 0.6) is 5.75 Å². The third-order valence-electron chi connectivity index (χ3n) is 3.04. The van der Waals surface area contributed by atoms with E-state index in [-0.39, 0.29) is 6.61 Å². The van der Waals surface area contributed by atoms with E-state index in [4.69, 9.17) is 15.6 Å². The van der Waals surface area contributed by atoms with E-state index < -0.39 is 0 Å². The molecule has 2 rings (SSSR count). The summed E-state index contributed by atoms with van der Waals surface area (Å²) in [5.41, 5.74) is 8.82. The van der Waals surface area contributed by atoms with Gasteiger partial charge in [0.2, 0.25) is 0 Å². The van der Waals surface area contributed by atoms with Crippen molar-refractivity contribution >= 4 is 5.69 Å². The summed E-state index contributed by atoms with van der Waals surface area (Å²) in [6.45, 7) is 0.711. The predicted molar refractivity (Wildman–Crippen MR) is 77.3 cm³/mol. The Morgan fingerprint density at radius 2 is 1.58 bits per heavy atom. The summed E-state index contributed by atoms with van der Waals surface area (Å²) in [5, 5.41) is 9.01. The summed E-state index contributed by atoms with van der Waals surface area (Å²) >= 11 is 0. The summed E-state index contributed by atoms with van der Waals surface area (Å²) in [5.74, 6) is 0.839. The zero-order valence-corrected chi connectivity index (χ0v) is 10.9. The van der Waals surface area contributed by atoms with Gasteiger partial charge >= 0.3 is 0 Å². The van der Waals surface area contributed by atoms with E-state index in [1.54, 1.807) is 0 Å². The first-order chi connectivity index (χ1) is 9.31. The number of anilines is 1. The minimum Gasteiger partial charge on any atom is -0.493 e. The quantitative estimate of drug-likeness (QED) is 0.781. The number of hydrogen-bond acceptors (Lipinski definition) is 3. The average Bonchev–Trinajstić information content (AvgIpc) is 2.43. The molecular weight excluding hydrogens is 238 g/mol. The van der Waals surface area contributed by atoms with Gasteiger partial charge < -0.3 is 15.6 Å². The first kappa shape index (κ1) is 13.4. The number of nitrogen functional groups attached to an aromatic ring is 1. The topological polar surface area (TPSA) is 55.5 Å². The summed E-state index contributed by atoms with van der Waals surface area (Å²) < 4.78 is 5.78. The van der Waals surface area contributed by atoms with Gasteiger partial charge in [-0.05, 0) is 29.7 Å². The minimum absolute atomic E-state index is 0.131. The molecule has 0 aliphatic carbocycles. The number of aliphatic hydroxyl groups is 1. The molecule has 0 saturated heterocycles. The Bertz CT molecular complexity index is 526. The molecule has 0 radical (unpaired) electrons. The third-order valence-corrected chi connectivity index (χ3v) is 3.04. The summed E-state index contributed by atoms with van der Waals surface area (Å²) in [6.07, 6.45) is 1.39. The maximum atomic E-state index is 9.01. The molecule has 0 fully saturated rings. The van der Waals surface area contributed by atoms with Gasteiger partial charge in [0, 0.05) is 18.7 Å². The van der Waals surface area contributed by atoms with Crippen molar-refractivity contribution in [2.45, 2.75) is 12.8 Å². The molecule has 0 atom stereocenters. The Labute approximate surface area is 113 Å². The monoisotopic (exact) mass is 257 g/mol. The molecule has 0 spiro atoms. The van der Waals surface area contributed by atoms with E-state index in [1.807, 2.05) is 48.5 Å². The average molecular weight is 257 g/mol. The SMILES string of the molecule is Nc1ccccc1CCOc1ccccc1CCO. The minimum atomic E-state index is 0.131. The number of rotatable bonds is 6. The van der Waals surface area contributed by atoms with Gasteiger partial charge in [-0.2, -0.15) is 0 Å². The Hall–Kier alpha value is -2.00. The van der Waals surface area contributed by atoms with Gasteiger partial charge in [-0.25, -0.2) is 0 Å². The molecule has 0 unspecified atom stereocenters. The van der Waals surface area contributed by atoms with Crippen molar-refractivity contribution in [3.8, 4) is 5.75 Å². The molecule has 0 amide bonds. The van der Waals surface area contributed by atoms with E-state index in [0.717, 1.165) is 29.0 Å². The van der Waals surface area contributed by atoms with Crippen molar-refractivity contribution in [3.05, 3.63) is 59.7 Å². The van der Waals surface area contributed by atoms with Crippen LogP contribution in [0.3, 0.4) is 0 Å². The van der Waals surface area contributed by atoms with Crippen LogP contribution in [0, 0.1) is 0 Å². The summed E-state index contributed by atoms with van der Waals surface area (Å²) in [7, 11) is 0. The standard InChI is InChI=1S/C16H19NO2/c17-15-7-3-1-5-13(15)10-12-19-16-8-4-2-6-14(16)9-11-18/h1-8,18H,9-12,17H2. The molecule has 0 heterocycles. The lowest BCUT2D eigenvalue weighted by Gasteiger charge is -2.11. The van der Waals surface area contributed by atoms with Crippen LogP contribution in [0.1, 0.15) is 11.1 Å². The van der Waals surface area contributed by atoms with Gasteiger partial charge in [0.15, 0.2) is 0 Å². The second-order valence-electron chi connectivity index (χ2n) is 4.38. The smallest absolute Gasteiger partial charge is 0.122 e. The lowest BCUT2D eigenvalue weighted by molar-refractivity contribution is 0.289. The first-order valence-corrected chi connectivity index (χ1v) is 6.46. The van der Waals surface area contributed by atoms with E-state index in [9.17, 15) is 0 Å². The molecule has 2 aromatic rings. The normalized spacial score (nSPS) is 10.4. The van der Waals surface area contributed by atoms with Crippen LogP contribution in [0.15, 0.2) is 48.5 Å². The fraction of sp³-hybridized carbons (Fsp3) is 0.250. The second kappa shape index (κ2) is 6.81. The van der Waals surface area contributed by atoms with Crippen LogP contribution in [-0.4, -0.2) is 18.3 Å². The predicted octanol–water partition coefficient (Wildman–Crippen LogP) is 2.43. The number of aliphatic hydroxyl groups excluding tert-OH is 1. The number of ether oxygens (including phenoxy) is 1. The van der Waals surface area contributed by atoms with E-state index in [1.165, 1.54) is 0 Å². The molecule has 3 nitrogen and oxygen atoms in total. The van der Waals surface area contributed by atoms with Crippen LogP contribution in [0.25, 0.3) is 0 Å². The first-order valence-electron chi connectivity index (χ1n) is 6.46. The third kappa shape index (κ3) is 3.73. The van der Waals surface area contributed by atoms with Crippen LogP contribution in [-0.2, 0) is 12.8 Å². The summed E-state index contributed by atoms with van der Waals surface area (Å²) in [6, 6.07) is 15.6. The van der Waals surface area contributed by atoms with Crippen molar-refractivity contribution in [2.24, 2.45) is 0 Å². The van der Waals surface area contributed by atoms with Gasteiger partial charge in [0.1, 0.15) is 5.75 Å². The van der Waals surface area contributed by atoms with Crippen LogP contribution in [0.2, 0.25) is 0 Å².